The molecule has 3 aromatic rings. The number of methoxy groups -OCH3 is 2. The molecule has 2 N–H and O–H groups in total. The zero-order valence-corrected chi connectivity index (χ0v) is 16.5. The van der Waals surface area contributed by atoms with E-state index in [2.05, 4.69) is 20.6 Å². The summed E-state index contributed by atoms with van der Waals surface area (Å²) in [4.78, 5) is 20.9. The number of ether oxygens (including phenoxy) is 2. The van der Waals surface area contributed by atoms with Crippen LogP contribution < -0.4 is 20.1 Å². The van der Waals surface area contributed by atoms with Gasteiger partial charge in [0.1, 0.15) is 17.2 Å². The van der Waals surface area contributed by atoms with Crippen LogP contribution in [0.4, 0.5) is 5.95 Å². The molecule has 0 saturated carbocycles. The summed E-state index contributed by atoms with van der Waals surface area (Å²) >= 11 is 0. The third-order valence-corrected chi connectivity index (χ3v) is 4.38. The highest BCUT2D eigenvalue weighted by molar-refractivity contribution is 5.92. The molecule has 0 radical (unpaired) electrons. The fraction of sp³-hybridized carbons (Fsp3) is 0.227. The third kappa shape index (κ3) is 5.68. The first-order chi connectivity index (χ1) is 14.2. The molecule has 0 fully saturated rings. The number of nitrogens with one attached hydrogen (secondary N) is 2. The molecule has 1 heterocycles. The van der Waals surface area contributed by atoms with E-state index in [1.54, 1.807) is 26.5 Å². The predicted octanol–water partition coefficient (Wildman–Crippen LogP) is 3.08. The largest absolute Gasteiger partial charge is 0.497 e. The number of carbonyl (C=O) groups is 1. The molecule has 0 bridgehead atoms. The van der Waals surface area contributed by atoms with Gasteiger partial charge in [0.15, 0.2) is 0 Å². The van der Waals surface area contributed by atoms with Crippen LogP contribution in [0.5, 0.6) is 11.5 Å². The summed E-state index contributed by atoms with van der Waals surface area (Å²) in [6.07, 6.45) is 2.37. The lowest BCUT2D eigenvalue weighted by molar-refractivity contribution is 0.0945. The maximum absolute atomic E-state index is 12.4. The van der Waals surface area contributed by atoms with E-state index in [-0.39, 0.29) is 5.91 Å². The summed E-state index contributed by atoms with van der Waals surface area (Å²) in [7, 11) is 3.25. The summed E-state index contributed by atoms with van der Waals surface area (Å²) < 4.78 is 10.5. The number of hydrogen-bond donors (Lipinski definition) is 2. The SMILES string of the molecule is COc1ccc(CCNc2nccc(C(=O)NCc3ccccc3OC)n2)cc1. The van der Waals surface area contributed by atoms with Gasteiger partial charge in [-0.25, -0.2) is 9.97 Å². The van der Waals surface area contributed by atoms with Gasteiger partial charge < -0.3 is 20.1 Å². The number of para-hydroxylation sites is 1. The summed E-state index contributed by atoms with van der Waals surface area (Å²) in [5, 5.41) is 6.02. The van der Waals surface area contributed by atoms with Gasteiger partial charge in [-0.2, -0.15) is 0 Å². The monoisotopic (exact) mass is 392 g/mol. The Balaban J connectivity index is 1.53. The molecule has 3 rings (SSSR count). The summed E-state index contributed by atoms with van der Waals surface area (Å²) in [6.45, 7) is 1.01. The minimum atomic E-state index is -0.267. The van der Waals surface area contributed by atoms with Crippen molar-refractivity contribution in [3.63, 3.8) is 0 Å². The molecule has 0 aliphatic carbocycles. The van der Waals surface area contributed by atoms with Gasteiger partial charge >= 0.3 is 0 Å². The molecule has 0 atom stereocenters. The first kappa shape index (κ1) is 20.1. The Bertz CT molecular complexity index is 945. The minimum Gasteiger partial charge on any atom is -0.497 e. The second kappa shape index (κ2) is 10.1. The van der Waals surface area contributed by atoms with E-state index in [0.717, 1.165) is 23.5 Å². The smallest absolute Gasteiger partial charge is 0.270 e. The summed E-state index contributed by atoms with van der Waals surface area (Å²) in [5.41, 5.74) is 2.38. The molecule has 0 spiro atoms. The van der Waals surface area contributed by atoms with Gasteiger partial charge in [0.05, 0.1) is 14.2 Å². The van der Waals surface area contributed by atoms with Crippen LogP contribution in [0.15, 0.2) is 60.8 Å². The van der Waals surface area contributed by atoms with Crippen LogP contribution in [0.2, 0.25) is 0 Å². The van der Waals surface area contributed by atoms with Crippen molar-refractivity contribution in [2.75, 3.05) is 26.1 Å². The Morgan fingerprint density at radius 3 is 2.55 bits per heavy atom. The van der Waals surface area contributed by atoms with Crippen molar-refractivity contribution in [2.45, 2.75) is 13.0 Å². The number of rotatable bonds is 9. The Morgan fingerprint density at radius 2 is 1.79 bits per heavy atom. The second-order valence-corrected chi connectivity index (χ2v) is 6.28. The van der Waals surface area contributed by atoms with Crippen LogP contribution in [0.3, 0.4) is 0 Å². The Kier molecular flexibility index (Phi) is 7.00. The number of nitrogens with zero attached hydrogens (tertiary/aromatic N) is 2. The standard InChI is InChI=1S/C22H24N4O3/c1-28-18-9-7-16(8-10-18)11-13-23-22-24-14-12-19(26-22)21(27)25-15-17-5-3-4-6-20(17)29-2/h3-10,12,14H,11,13,15H2,1-2H3,(H,25,27)(H,23,24,26). The number of anilines is 1. The molecule has 1 aromatic heterocycles. The van der Waals surface area contributed by atoms with E-state index in [0.29, 0.717) is 24.7 Å². The van der Waals surface area contributed by atoms with E-state index in [1.807, 2.05) is 48.5 Å². The van der Waals surface area contributed by atoms with Crippen LogP contribution in [0.25, 0.3) is 0 Å². The number of aromatic nitrogens is 2. The average molecular weight is 392 g/mol. The van der Waals surface area contributed by atoms with Crippen LogP contribution in [-0.4, -0.2) is 36.6 Å². The molecular weight excluding hydrogens is 368 g/mol. The topological polar surface area (TPSA) is 85.4 Å². The minimum absolute atomic E-state index is 0.267. The van der Waals surface area contributed by atoms with E-state index in [4.69, 9.17) is 9.47 Å². The molecule has 2 aromatic carbocycles. The van der Waals surface area contributed by atoms with Crippen molar-refractivity contribution in [1.29, 1.82) is 0 Å². The maximum atomic E-state index is 12.4. The number of hydrogen-bond acceptors (Lipinski definition) is 6. The third-order valence-electron chi connectivity index (χ3n) is 4.38. The van der Waals surface area contributed by atoms with Crippen LogP contribution in [0, 0.1) is 0 Å². The van der Waals surface area contributed by atoms with E-state index in [1.165, 1.54) is 5.56 Å². The van der Waals surface area contributed by atoms with E-state index >= 15 is 0 Å². The number of benzene rings is 2. The van der Waals surface area contributed by atoms with Gasteiger partial charge in [-0.15, -0.1) is 0 Å². The van der Waals surface area contributed by atoms with Crippen LogP contribution in [-0.2, 0) is 13.0 Å². The molecule has 150 valence electrons. The first-order valence-corrected chi connectivity index (χ1v) is 9.29. The predicted molar refractivity (Wildman–Crippen MR) is 111 cm³/mol. The van der Waals surface area contributed by atoms with Gasteiger partial charge in [-0.05, 0) is 36.2 Å². The molecular formula is C22H24N4O3. The second-order valence-electron chi connectivity index (χ2n) is 6.28. The van der Waals surface area contributed by atoms with Crippen molar-refractivity contribution in [1.82, 2.24) is 15.3 Å². The van der Waals surface area contributed by atoms with Crippen molar-refractivity contribution in [3.8, 4) is 11.5 Å². The maximum Gasteiger partial charge on any atom is 0.270 e. The fourth-order valence-electron chi connectivity index (χ4n) is 2.80. The van der Waals surface area contributed by atoms with E-state index < -0.39 is 0 Å². The van der Waals surface area contributed by atoms with Crippen molar-refractivity contribution < 1.29 is 14.3 Å². The zero-order chi connectivity index (χ0) is 20.5. The van der Waals surface area contributed by atoms with Crippen LogP contribution >= 0.6 is 0 Å². The Hall–Kier alpha value is -3.61. The first-order valence-electron chi connectivity index (χ1n) is 9.29. The molecule has 0 unspecified atom stereocenters. The summed E-state index contributed by atoms with van der Waals surface area (Å²) in [5.74, 6) is 1.72. The fourth-order valence-corrected chi connectivity index (χ4v) is 2.80. The highest BCUT2D eigenvalue weighted by Gasteiger charge is 2.10. The van der Waals surface area contributed by atoms with Gasteiger partial charge in [-0.3, -0.25) is 4.79 Å². The number of carbonyl (C=O) groups excluding carboxylic acids is 1. The van der Waals surface area contributed by atoms with E-state index in [9.17, 15) is 4.79 Å². The molecule has 0 aliphatic rings. The lowest BCUT2D eigenvalue weighted by Gasteiger charge is -2.10. The quantitative estimate of drug-likeness (QED) is 0.582. The van der Waals surface area contributed by atoms with Crippen molar-refractivity contribution in [3.05, 3.63) is 77.6 Å². The van der Waals surface area contributed by atoms with Gasteiger partial charge in [-0.1, -0.05) is 30.3 Å². The lowest BCUT2D eigenvalue weighted by Crippen LogP contribution is -2.24. The normalized spacial score (nSPS) is 10.3. The average Bonchev–Trinajstić information content (AvgIpc) is 2.78. The lowest BCUT2D eigenvalue weighted by atomic mass is 10.1. The van der Waals surface area contributed by atoms with Crippen molar-refractivity contribution >= 4 is 11.9 Å². The molecule has 0 saturated heterocycles. The van der Waals surface area contributed by atoms with Crippen molar-refractivity contribution in [2.24, 2.45) is 0 Å². The van der Waals surface area contributed by atoms with Gasteiger partial charge in [0.25, 0.3) is 5.91 Å². The molecule has 7 heteroatoms. The zero-order valence-electron chi connectivity index (χ0n) is 16.5. The highest BCUT2D eigenvalue weighted by Crippen LogP contribution is 2.17. The molecule has 0 aliphatic heterocycles. The highest BCUT2D eigenvalue weighted by atomic mass is 16.5. The molecule has 7 nitrogen and oxygen atoms in total. The Morgan fingerprint density at radius 1 is 1.00 bits per heavy atom. The van der Waals surface area contributed by atoms with Gasteiger partial charge in [0.2, 0.25) is 5.95 Å². The van der Waals surface area contributed by atoms with Crippen LogP contribution in [0.1, 0.15) is 21.6 Å². The Labute approximate surface area is 170 Å². The molecule has 29 heavy (non-hydrogen) atoms. The summed E-state index contributed by atoms with van der Waals surface area (Å²) in [6, 6.07) is 17.0. The molecule has 1 amide bonds. The number of amides is 1. The van der Waals surface area contributed by atoms with Gasteiger partial charge in [0, 0.05) is 24.8 Å².